The smallest absolute Gasteiger partial charge is 0.262 e. The highest BCUT2D eigenvalue weighted by atomic mass is 32.1. The summed E-state index contributed by atoms with van der Waals surface area (Å²) in [5, 5.41) is 7.77. The van der Waals surface area contributed by atoms with Crippen LogP contribution in [0.4, 0.5) is 5.69 Å². The fourth-order valence-corrected chi connectivity index (χ4v) is 3.26. The van der Waals surface area contributed by atoms with Gasteiger partial charge in [-0.3, -0.25) is 19.0 Å². The first-order valence-electron chi connectivity index (χ1n) is 8.31. The lowest BCUT2D eigenvalue weighted by molar-refractivity contribution is -0.116. The van der Waals surface area contributed by atoms with Crippen LogP contribution in [0.1, 0.15) is 16.8 Å². The summed E-state index contributed by atoms with van der Waals surface area (Å²) in [6, 6.07) is 8.47. The van der Waals surface area contributed by atoms with Crippen molar-refractivity contribution in [1.29, 1.82) is 0 Å². The summed E-state index contributed by atoms with van der Waals surface area (Å²) in [5.41, 5.74) is 0.618. The maximum atomic E-state index is 12.3. The number of rotatable bonds is 7. The molecule has 3 aromatic rings. The molecule has 138 valence electrons. The number of nitrogens with one attached hydrogen (secondary N) is 2. The minimum Gasteiger partial charge on any atom is -0.349 e. The highest BCUT2D eigenvalue weighted by molar-refractivity contribution is 7.16. The zero-order chi connectivity index (χ0) is 19.2. The molecule has 1 aromatic carbocycles. The van der Waals surface area contributed by atoms with Crippen LogP contribution in [0.2, 0.25) is 0 Å². The van der Waals surface area contributed by atoms with Gasteiger partial charge in [0.25, 0.3) is 11.5 Å². The number of thiophene rings is 1. The van der Waals surface area contributed by atoms with Crippen molar-refractivity contribution in [2.75, 3.05) is 11.9 Å². The number of hydrogen-bond donors (Lipinski definition) is 2. The molecule has 0 atom stereocenters. The van der Waals surface area contributed by atoms with E-state index in [4.69, 9.17) is 0 Å². The Kier molecular flexibility index (Phi) is 5.77. The quantitative estimate of drug-likeness (QED) is 0.614. The van der Waals surface area contributed by atoms with Crippen LogP contribution in [0, 0.1) is 0 Å². The first-order chi connectivity index (χ1) is 13.1. The Bertz CT molecular complexity index is 1050. The standard InChI is InChI=1S/C19H18N4O3S/c1-2-9-20-17(25)13-5-3-4-6-15(13)22-16(24)7-10-23-12-21-18-14(19(23)26)8-11-27-18/h2-6,8,11-12H,1,7,9-10H2,(H,20,25)(H,22,24). The average Bonchev–Trinajstić information content (AvgIpc) is 3.15. The fraction of sp³-hybridized carbons (Fsp3) is 0.158. The predicted molar refractivity (Wildman–Crippen MR) is 106 cm³/mol. The van der Waals surface area contributed by atoms with Gasteiger partial charge in [0.1, 0.15) is 4.83 Å². The maximum absolute atomic E-state index is 12.3. The predicted octanol–water partition coefficient (Wildman–Crippen LogP) is 2.40. The van der Waals surface area contributed by atoms with Gasteiger partial charge in [-0.25, -0.2) is 4.98 Å². The van der Waals surface area contributed by atoms with Crippen molar-refractivity contribution in [3.63, 3.8) is 0 Å². The van der Waals surface area contributed by atoms with Crippen molar-refractivity contribution in [3.05, 3.63) is 70.6 Å². The monoisotopic (exact) mass is 382 g/mol. The minimum atomic E-state index is -0.297. The van der Waals surface area contributed by atoms with E-state index >= 15 is 0 Å². The molecule has 2 N–H and O–H groups in total. The Labute approximate surface area is 159 Å². The van der Waals surface area contributed by atoms with Gasteiger partial charge < -0.3 is 10.6 Å². The molecule has 3 rings (SSSR count). The molecule has 0 radical (unpaired) electrons. The molecule has 0 aliphatic carbocycles. The maximum Gasteiger partial charge on any atom is 0.262 e. The third-order valence-electron chi connectivity index (χ3n) is 3.88. The Morgan fingerprint density at radius 2 is 2.07 bits per heavy atom. The van der Waals surface area contributed by atoms with E-state index in [0.717, 1.165) is 0 Å². The van der Waals surface area contributed by atoms with E-state index in [0.29, 0.717) is 28.0 Å². The average molecular weight is 382 g/mol. The lowest BCUT2D eigenvalue weighted by Crippen LogP contribution is -2.26. The Morgan fingerprint density at radius 3 is 2.89 bits per heavy atom. The van der Waals surface area contributed by atoms with Crippen molar-refractivity contribution in [3.8, 4) is 0 Å². The number of carbonyl (C=O) groups is 2. The van der Waals surface area contributed by atoms with E-state index in [1.807, 2.05) is 5.38 Å². The number of aryl methyl sites for hydroxylation is 1. The van der Waals surface area contributed by atoms with Crippen LogP contribution in [-0.4, -0.2) is 27.9 Å². The fourth-order valence-electron chi connectivity index (χ4n) is 2.54. The summed E-state index contributed by atoms with van der Waals surface area (Å²) in [5.74, 6) is -0.592. The molecule has 2 aromatic heterocycles. The molecular formula is C19H18N4O3S. The summed E-state index contributed by atoms with van der Waals surface area (Å²) in [6.45, 7) is 4.09. The van der Waals surface area contributed by atoms with E-state index in [-0.39, 0.29) is 30.3 Å². The molecular weight excluding hydrogens is 364 g/mol. The first kappa shape index (κ1) is 18.5. The van der Waals surface area contributed by atoms with Crippen LogP contribution < -0.4 is 16.2 Å². The SMILES string of the molecule is C=CCNC(=O)c1ccccc1NC(=O)CCn1cnc2sccc2c1=O. The molecule has 7 nitrogen and oxygen atoms in total. The van der Waals surface area contributed by atoms with Gasteiger partial charge in [0, 0.05) is 19.5 Å². The molecule has 0 saturated carbocycles. The Hall–Kier alpha value is -3.26. The molecule has 0 spiro atoms. The van der Waals surface area contributed by atoms with Crippen molar-refractivity contribution in [2.24, 2.45) is 0 Å². The van der Waals surface area contributed by atoms with Crippen LogP contribution >= 0.6 is 11.3 Å². The number of benzene rings is 1. The lowest BCUT2D eigenvalue weighted by Gasteiger charge is -2.11. The largest absolute Gasteiger partial charge is 0.349 e. The highest BCUT2D eigenvalue weighted by Gasteiger charge is 2.13. The van der Waals surface area contributed by atoms with Gasteiger partial charge in [-0.15, -0.1) is 17.9 Å². The van der Waals surface area contributed by atoms with E-state index in [1.165, 1.54) is 22.2 Å². The van der Waals surface area contributed by atoms with Gasteiger partial charge in [0.2, 0.25) is 5.91 Å². The zero-order valence-corrected chi connectivity index (χ0v) is 15.3. The first-order valence-corrected chi connectivity index (χ1v) is 9.18. The Balaban J connectivity index is 1.67. The molecule has 27 heavy (non-hydrogen) atoms. The minimum absolute atomic E-state index is 0.0832. The topological polar surface area (TPSA) is 93.1 Å². The summed E-state index contributed by atoms with van der Waals surface area (Å²) in [6.07, 6.45) is 3.11. The number of anilines is 1. The number of nitrogens with zero attached hydrogens (tertiary/aromatic N) is 2. The summed E-state index contributed by atoms with van der Waals surface area (Å²) < 4.78 is 1.41. The normalized spacial score (nSPS) is 10.5. The van der Waals surface area contributed by atoms with Crippen LogP contribution in [0.5, 0.6) is 0 Å². The molecule has 0 saturated heterocycles. The van der Waals surface area contributed by atoms with Crippen LogP contribution in [0.15, 0.2) is 59.5 Å². The number of fused-ring (bicyclic) bond motifs is 1. The third kappa shape index (κ3) is 4.29. The molecule has 0 aliphatic heterocycles. The molecule has 2 amide bonds. The van der Waals surface area contributed by atoms with Crippen LogP contribution in [-0.2, 0) is 11.3 Å². The number of hydrogen-bond acceptors (Lipinski definition) is 5. The summed E-state index contributed by atoms with van der Waals surface area (Å²) in [4.78, 5) is 41.7. The number of para-hydroxylation sites is 1. The van der Waals surface area contributed by atoms with E-state index in [9.17, 15) is 14.4 Å². The molecule has 0 unspecified atom stereocenters. The van der Waals surface area contributed by atoms with E-state index in [2.05, 4.69) is 22.2 Å². The molecule has 2 heterocycles. The summed E-state index contributed by atoms with van der Waals surface area (Å²) in [7, 11) is 0. The van der Waals surface area contributed by atoms with Crippen molar-refractivity contribution in [2.45, 2.75) is 13.0 Å². The highest BCUT2D eigenvalue weighted by Crippen LogP contribution is 2.16. The Morgan fingerprint density at radius 1 is 1.26 bits per heavy atom. The molecule has 0 fully saturated rings. The molecule has 0 bridgehead atoms. The van der Waals surface area contributed by atoms with Crippen molar-refractivity contribution >= 4 is 39.1 Å². The van der Waals surface area contributed by atoms with Gasteiger partial charge >= 0.3 is 0 Å². The number of aromatic nitrogens is 2. The van der Waals surface area contributed by atoms with Gasteiger partial charge in [-0.2, -0.15) is 0 Å². The van der Waals surface area contributed by atoms with E-state index < -0.39 is 0 Å². The third-order valence-corrected chi connectivity index (χ3v) is 4.70. The molecule has 0 aliphatic rings. The zero-order valence-electron chi connectivity index (χ0n) is 14.5. The van der Waals surface area contributed by atoms with Gasteiger partial charge in [-0.1, -0.05) is 18.2 Å². The van der Waals surface area contributed by atoms with Crippen LogP contribution in [0.25, 0.3) is 10.2 Å². The number of amides is 2. The van der Waals surface area contributed by atoms with Gasteiger partial charge in [0.15, 0.2) is 0 Å². The second-order valence-corrected chi connectivity index (χ2v) is 6.62. The van der Waals surface area contributed by atoms with Gasteiger partial charge in [0.05, 0.1) is 23.0 Å². The van der Waals surface area contributed by atoms with Crippen molar-refractivity contribution < 1.29 is 9.59 Å². The van der Waals surface area contributed by atoms with Crippen LogP contribution in [0.3, 0.4) is 0 Å². The van der Waals surface area contributed by atoms with Crippen molar-refractivity contribution in [1.82, 2.24) is 14.9 Å². The summed E-state index contributed by atoms with van der Waals surface area (Å²) >= 11 is 1.40. The van der Waals surface area contributed by atoms with Gasteiger partial charge in [-0.05, 0) is 23.6 Å². The lowest BCUT2D eigenvalue weighted by atomic mass is 10.1. The second-order valence-electron chi connectivity index (χ2n) is 5.73. The van der Waals surface area contributed by atoms with E-state index in [1.54, 1.807) is 36.4 Å². The number of carbonyl (C=O) groups excluding carboxylic acids is 2. The second kappa shape index (κ2) is 8.41. The molecule has 8 heteroatoms.